The third-order valence-electron chi connectivity index (χ3n) is 3.96. The van der Waals surface area contributed by atoms with Crippen molar-refractivity contribution in [2.75, 3.05) is 6.54 Å². The van der Waals surface area contributed by atoms with Gasteiger partial charge in [0, 0.05) is 18.6 Å². The van der Waals surface area contributed by atoms with Gasteiger partial charge in [-0.2, -0.15) is 5.10 Å². The number of hydrogen-bond donors (Lipinski definition) is 2. The van der Waals surface area contributed by atoms with Gasteiger partial charge in [-0.25, -0.2) is 9.67 Å². The monoisotopic (exact) mass is 357 g/mol. The van der Waals surface area contributed by atoms with Crippen molar-refractivity contribution in [2.45, 2.75) is 39.3 Å². The van der Waals surface area contributed by atoms with Gasteiger partial charge >= 0.3 is 0 Å². The van der Waals surface area contributed by atoms with Crippen molar-refractivity contribution >= 4 is 28.3 Å². The van der Waals surface area contributed by atoms with Gasteiger partial charge in [0.25, 0.3) is 5.91 Å². The summed E-state index contributed by atoms with van der Waals surface area (Å²) in [5.74, 6) is -0.117. The van der Waals surface area contributed by atoms with Crippen molar-refractivity contribution in [1.82, 2.24) is 20.1 Å². The number of hydrogen-bond acceptors (Lipinski definition) is 5. The lowest BCUT2D eigenvalue weighted by molar-refractivity contribution is 0.0954. The Bertz CT molecular complexity index is 867. The summed E-state index contributed by atoms with van der Waals surface area (Å²) in [6.45, 7) is 6.58. The van der Waals surface area contributed by atoms with Crippen molar-refractivity contribution in [1.29, 1.82) is 0 Å². The Morgan fingerprint density at radius 1 is 1.40 bits per heavy atom. The highest BCUT2D eigenvalue weighted by Gasteiger charge is 2.18. The number of thiophene rings is 1. The third-order valence-corrected chi connectivity index (χ3v) is 4.85. The number of rotatable bonds is 6. The molecule has 0 aromatic carbocycles. The van der Waals surface area contributed by atoms with E-state index in [1.807, 2.05) is 49.0 Å². The van der Waals surface area contributed by atoms with Gasteiger partial charge in [-0.15, -0.1) is 11.3 Å². The average molecular weight is 357 g/mol. The standard InChI is InChI=1S/C18H23N5OS/c1-11(2)23-17-14(10-21-23)13(18(24)20-7-6-12(3)19)9-15(22-17)16-5-4-8-25-16/h4-5,8-12H,6-7,19H2,1-3H3,(H,20,24). The van der Waals surface area contributed by atoms with Crippen LogP contribution in [-0.4, -0.2) is 33.3 Å². The summed E-state index contributed by atoms with van der Waals surface area (Å²) in [6, 6.07) is 6.06. The third kappa shape index (κ3) is 3.72. The van der Waals surface area contributed by atoms with E-state index in [9.17, 15) is 4.79 Å². The fourth-order valence-corrected chi connectivity index (χ4v) is 3.33. The van der Waals surface area contributed by atoms with E-state index < -0.39 is 0 Å². The van der Waals surface area contributed by atoms with E-state index in [2.05, 4.69) is 10.4 Å². The maximum atomic E-state index is 12.7. The van der Waals surface area contributed by atoms with Gasteiger partial charge in [0.1, 0.15) is 0 Å². The second kappa shape index (κ2) is 7.33. The normalized spacial score (nSPS) is 12.7. The molecule has 0 fully saturated rings. The van der Waals surface area contributed by atoms with Crippen LogP contribution in [0.1, 0.15) is 43.6 Å². The fourth-order valence-electron chi connectivity index (χ4n) is 2.64. The minimum atomic E-state index is -0.117. The lowest BCUT2D eigenvalue weighted by Gasteiger charge is -2.11. The molecule has 3 rings (SSSR count). The summed E-state index contributed by atoms with van der Waals surface area (Å²) in [5, 5.41) is 10.2. The van der Waals surface area contributed by atoms with E-state index in [1.54, 1.807) is 17.5 Å². The molecule has 0 aliphatic carbocycles. The summed E-state index contributed by atoms with van der Waals surface area (Å²) in [5.41, 5.74) is 7.89. The van der Waals surface area contributed by atoms with Crippen molar-refractivity contribution in [2.24, 2.45) is 5.73 Å². The SMILES string of the molecule is CC(N)CCNC(=O)c1cc(-c2cccs2)nc2c1cnn2C(C)C. The first-order valence-electron chi connectivity index (χ1n) is 8.43. The van der Waals surface area contributed by atoms with Crippen molar-refractivity contribution < 1.29 is 4.79 Å². The first-order valence-corrected chi connectivity index (χ1v) is 9.31. The van der Waals surface area contributed by atoms with E-state index in [-0.39, 0.29) is 18.0 Å². The Balaban J connectivity index is 2.05. The summed E-state index contributed by atoms with van der Waals surface area (Å²) in [7, 11) is 0. The number of nitrogens with two attached hydrogens (primary N) is 1. The fraction of sp³-hybridized carbons (Fsp3) is 0.389. The maximum Gasteiger partial charge on any atom is 0.252 e. The maximum absolute atomic E-state index is 12.7. The predicted octanol–water partition coefficient (Wildman–Crippen LogP) is 3.21. The number of amides is 1. The first-order chi connectivity index (χ1) is 12.0. The van der Waals surface area contributed by atoms with Gasteiger partial charge in [0.05, 0.1) is 27.7 Å². The molecule has 7 heteroatoms. The Hall–Kier alpha value is -2.25. The molecule has 6 nitrogen and oxygen atoms in total. The molecule has 0 spiro atoms. The molecule has 132 valence electrons. The Morgan fingerprint density at radius 2 is 2.20 bits per heavy atom. The number of nitrogens with zero attached hydrogens (tertiary/aromatic N) is 3. The van der Waals surface area contributed by atoms with Gasteiger partial charge in [0.2, 0.25) is 0 Å². The highest BCUT2D eigenvalue weighted by atomic mass is 32.1. The lowest BCUT2D eigenvalue weighted by atomic mass is 10.1. The van der Waals surface area contributed by atoms with Gasteiger partial charge < -0.3 is 11.1 Å². The highest BCUT2D eigenvalue weighted by molar-refractivity contribution is 7.13. The molecule has 0 bridgehead atoms. The highest BCUT2D eigenvalue weighted by Crippen LogP contribution is 2.28. The molecule has 0 saturated heterocycles. The van der Waals surface area contributed by atoms with Crippen LogP contribution in [0.25, 0.3) is 21.6 Å². The number of nitrogens with one attached hydrogen (secondary N) is 1. The number of aromatic nitrogens is 3. The largest absolute Gasteiger partial charge is 0.352 e. The van der Waals surface area contributed by atoms with Crippen LogP contribution in [0, 0.1) is 0 Å². The zero-order chi connectivity index (χ0) is 18.0. The van der Waals surface area contributed by atoms with Gasteiger partial charge in [-0.05, 0) is 44.7 Å². The van der Waals surface area contributed by atoms with Crippen LogP contribution < -0.4 is 11.1 Å². The molecule has 0 saturated carbocycles. The molecule has 3 aromatic rings. The second-order valence-electron chi connectivity index (χ2n) is 6.47. The van der Waals surface area contributed by atoms with E-state index in [0.29, 0.717) is 12.1 Å². The Labute approximate surface area is 151 Å². The van der Waals surface area contributed by atoms with Crippen LogP contribution in [0.3, 0.4) is 0 Å². The molecule has 3 N–H and O–H groups in total. The van der Waals surface area contributed by atoms with Crippen LogP contribution in [0.5, 0.6) is 0 Å². The molecule has 0 aliphatic heterocycles. The first kappa shape index (κ1) is 17.6. The zero-order valence-electron chi connectivity index (χ0n) is 14.7. The van der Waals surface area contributed by atoms with Crippen molar-refractivity contribution in [3.63, 3.8) is 0 Å². The molecular formula is C18H23N5OS. The van der Waals surface area contributed by atoms with Crippen LogP contribution >= 0.6 is 11.3 Å². The number of carbonyl (C=O) groups excluding carboxylic acids is 1. The lowest BCUT2D eigenvalue weighted by Crippen LogP contribution is -2.29. The molecule has 0 aliphatic rings. The molecule has 1 amide bonds. The molecule has 0 radical (unpaired) electrons. The minimum Gasteiger partial charge on any atom is -0.352 e. The Morgan fingerprint density at radius 3 is 2.84 bits per heavy atom. The smallest absolute Gasteiger partial charge is 0.252 e. The van der Waals surface area contributed by atoms with Crippen LogP contribution in [0.15, 0.2) is 29.8 Å². The zero-order valence-corrected chi connectivity index (χ0v) is 15.5. The summed E-state index contributed by atoms with van der Waals surface area (Å²) in [4.78, 5) is 18.5. The summed E-state index contributed by atoms with van der Waals surface area (Å²) >= 11 is 1.60. The molecule has 3 aromatic heterocycles. The minimum absolute atomic E-state index is 0.0585. The second-order valence-corrected chi connectivity index (χ2v) is 7.42. The average Bonchev–Trinajstić information content (AvgIpc) is 3.22. The van der Waals surface area contributed by atoms with Crippen LogP contribution in [0.2, 0.25) is 0 Å². The molecule has 25 heavy (non-hydrogen) atoms. The predicted molar refractivity (Wildman–Crippen MR) is 102 cm³/mol. The summed E-state index contributed by atoms with van der Waals surface area (Å²) < 4.78 is 1.85. The topological polar surface area (TPSA) is 85.8 Å². The number of fused-ring (bicyclic) bond motifs is 1. The van der Waals surface area contributed by atoms with Gasteiger partial charge in [0.15, 0.2) is 5.65 Å². The van der Waals surface area contributed by atoms with E-state index in [1.165, 1.54) is 0 Å². The number of pyridine rings is 1. The van der Waals surface area contributed by atoms with E-state index in [0.717, 1.165) is 28.0 Å². The quantitative estimate of drug-likeness (QED) is 0.709. The molecule has 1 atom stereocenters. The van der Waals surface area contributed by atoms with E-state index in [4.69, 9.17) is 10.7 Å². The van der Waals surface area contributed by atoms with E-state index >= 15 is 0 Å². The molecule has 3 heterocycles. The van der Waals surface area contributed by atoms with Gasteiger partial charge in [-0.3, -0.25) is 4.79 Å². The van der Waals surface area contributed by atoms with Crippen LogP contribution in [0.4, 0.5) is 0 Å². The van der Waals surface area contributed by atoms with Crippen LogP contribution in [-0.2, 0) is 0 Å². The van der Waals surface area contributed by atoms with Crippen molar-refractivity contribution in [3.8, 4) is 10.6 Å². The van der Waals surface area contributed by atoms with Crippen molar-refractivity contribution in [3.05, 3.63) is 35.3 Å². The molecular weight excluding hydrogens is 334 g/mol. The molecule has 1 unspecified atom stereocenters. The summed E-state index contributed by atoms with van der Waals surface area (Å²) in [6.07, 6.45) is 2.46. The number of carbonyl (C=O) groups is 1. The Kier molecular flexibility index (Phi) is 5.15. The van der Waals surface area contributed by atoms with Gasteiger partial charge in [-0.1, -0.05) is 6.07 Å².